The molecule has 1 atom stereocenters. The van der Waals surface area contributed by atoms with Crippen molar-refractivity contribution in [3.63, 3.8) is 0 Å². The van der Waals surface area contributed by atoms with Crippen molar-refractivity contribution in [1.82, 2.24) is 5.32 Å². The zero-order chi connectivity index (χ0) is 13.5. The van der Waals surface area contributed by atoms with Gasteiger partial charge in [0.05, 0.1) is 0 Å². The quantitative estimate of drug-likeness (QED) is 0.782. The van der Waals surface area contributed by atoms with Crippen LogP contribution in [0.5, 0.6) is 0 Å². The fourth-order valence-electron chi connectivity index (χ4n) is 1.85. The van der Waals surface area contributed by atoms with Crippen molar-refractivity contribution in [2.24, 2.45) is 11.8 Å². The molecular weight excluding hydrogens is 232 g/mol. The molecule has 3 heteroatoms. The molecule has 0 radical (unpaired) electrons. The third-order valence-corrected chi connectivity index (χ3v) is 2.97. The summed E-state index contributed by atoms with van der Waals surface area (Å²) in [6.45, 7) is 8.45. The van der Waals surface area contributed by atoms with E-state index in [4.69, 9.17) is 0 Å². The van der Waals surface area contributed by atoms with E-state index >= 15 is 0 Å². The fourth-order valence-corrected chi connectivity index (χ4v) is 1.85. The fraction of sp³-hybridized carbons (Fsp3) is 0.600. The van der Waals surface area contributed by atoms with Crippen LogP contribution in [0.2, 0.25) is 0 Å². The van der Waals surface area contributed by atoms with Crippen LogP contribution in [0.3, 0.4) is 0 Å². The first kappa shape index (κ1) is 15.1. The highest BCUT2D eigenvalue weighted by Crippen LogP contribution is 2.14. The summed E-state index contributed by atoms with van der Waals surface area (Å²) in [7, 11) is 0. The van der Waals surface area contributed by atoms with Gasteiger partial charge in [0, 0.05) is 6.07 Å². The molecule has 1 rings (SSSR count). The second kappa shape index (κ2) is 7.47. The van der Waals surface area contributed by atoms with E-state index in [1.54, 1.807) is 6.07 Å². The van der Waals surface area contributed by atoms with Gasteiger partial charge < -0.3 is 5.32 Å². The van der Waals surface area contributed by atoms with Crippen LogP contribution >= 0.6 is 0 Å². The summed E-state index contributed by atoms with van der Waals surface area (Å²) in [5.74, 6) is 0.195. The molecule has 0 bridgehead atoms. The van der Waals surface area contributed by atoms with Crippen LogP contribution in [-0.2, 0) is 6.42 Å². The number of rotatable bonds is 7. The Bertz CT molecular complexity index is 364. The van der Waals surface area contributed by atoms with Gasteiger partial charge in [-0.3, -0.25) is 0 Å². The van der Waals surface area contributed by atoms with Gasteiger partial charge in [-0.2, -0.15) is 0 Å². The second-order valence-corrected chi connectivity index (χ2v) is 5.43. The Morgan fingerprint density at radius 2 is 1.83 bits per heavy atom. The topological polar surface area (TPSA) is 12.0 Å². The molecule has 0 saturated heterocycles. The zero-order valence-electron chi connectivity index (χ0n) is 11.5. The predicted octanol–water partition coefficient (Wildman–Crippen LogP) is 3.78. The van der Waals surface area contributed by atoms with Crippen molar-refractivity contribution in [3.8, 4) is 0 Å². The Hall–Kier alpha value is -0.960. The average Bonchev–Trinajstić information content (AvgIpc) is 2.27. The molecule has 0 fully saturated rings. The first-order valence-corrected chi connectivity index (χ1v) is 6.63. The lowest BCUT2D eigenvalue weighted by Crippen LogP contribution is -2.25. The molecule has 1 N–H and O–H groups in total. The average molecular weight is 255 g/mol. The summed E-state index contributed by atoms with van der Waals surface area (Å²) >= 11 is 0. The molecule has 1 unspecified atom stereocenters. The van der Waals surface area contributed by atoms with E-state index in [1.807, 2.05) is 0 Å². The lowest BCUT2D eigenvalue weighted by atomic mass is 10.0. The van der Waals surface area contributed by atoms with Gasteiger partial charge in [-0.25, -0.2) is 8.78 Å². The molecule has 0 aliphatic heterocycles. The minimum Gasteiger partial charge on any atom is -0.316 e. The van der Waals surface area contributed by atoms with Crippen LogP contribution < -0.4 is 5.32 Å². The van der Waals surface area contributed by atoms with Crippen molar-refractivity contribution in [2.75, 3.05) is 13.1 Å². The van der Waals surface area contributed by atoms with Crippen LogP contribution in [0.15, 0.2) is 18.2 Å². The van der Waals surface area contributed by atoms with Crippen LogP contribution in [-0.4, -0.2) is 13.1 Å². The van der Waals surface area contributed by atoms with E-state index in [1.165, 1.54) is 6.07 Å². The van der Waals surface area contributed by atoms with Crippen LogP contribution in [0, 0.1) is 23.5 Å². The van der Waals surface area contributed by atoms with Gasteiger partial charge in [-0.15, -0.1) is 0 Å². The Morgan fingerprint density at radius 3 is 2.44 bits per heavy atom. The van der Waals surface area contributed by atoms with Crippen LogP contribution in [0.4, 0.5) is 8.78 Å². The summed E-state index contributed by atoms with van der Waals surface area (Å²) in [6.07, 6.45) is 1.57. The van der Waals surface area contributed by atoms with Crippen molar-refractivity contribution in [2.45, 2.75) is 33.6 Å². The molecule has 1 aromatic carbocycles. The molecule has 0 saturated carbocycles. The highest BCUT2D eigenvalue weighted by molar-refractivity contribution is 5.18. The maximum Gasteiger partial charge on any atom is 0.129 e. The van der Waals surface area contributed by atoms with Crippen molar-refractivity contribution >= 4 is 0 Å². The van der Waals surface area contributed by atoms with E-state index in [-0.39, 0.29) is 0 Å². The second-order valence-electron chi connectivity index (χ2n) is 5.43. The predicted molar refractivity (Wildman–Crippen MR) is 71.6 cm³/mol. The minimum absolute atomic E-state index is 0.433. The minimum atomic E-state index is -0.511. The van der Waals surface area contributed by atoms with Crippen LogP contribution in [0.25, 0.3) is 0 Å². The number of hydrogen-bond donors (Lipinski definition) is 1. The highest BCUT2D eigenvalue weighted by Gasteiger charge is 2.07. The maximum atomic E-state index is 13.4. The number of benzene rings is 1. The van der Waals surface area contributed by atoms with Crippen molar-refractivity contribution < 1.29 is 8.78 Å². The molecule has 1 aromatic rings. The smallest absolute Gasteiger partial charge is 0.129 e. The molecule has 18 heavy (non-hydrogen) atoms. The standard InChI is InChI=1S/C15H23F2N/c1-11(2)9-18-10-12(3)4-5-13-6-7-14(16)8-15(13)17/h6-8,11-12,18H,4-5,9-10H2,1-3H3. The van der Waals surface area contributed by atoms with E-state index in [0.29, 0.717) is 23.8 Å². The summed E-state index contributed by atoms with van der Waals surface area (Å²) in [6, 6.07) is 3.82. The van der Waals surface area contributed by atoms with Gasteiger partial charge in [0.15, 0.2) is 0 Å². The van der Waals surface area contributed by atoms with Crippen LogP contribution in [0.1, 0.15) is 32.8 Å². The Morgan fingerprint density at radius 1 is 1.11 bits per heavy atom. The van der Waals surface area contributed by atoms with E-state index in [9.17, 15) is 8.78 Å². The molecule has 0 aliphatic carbocycles. The zero-order valence-corrected chi connectivity index (χ0v) is 11.5. The van der Waals surface area contributed by atoms with Crippen molar-refractivity contribution in [1.29, 1.82) is 0 Å². The van der Waals surface area contributed by atoms with Gasteiger partial charge in [-0.05, 0) is 49.4 Å². The molecule has 1 nitrogen and oxygen atoms in total. The maximum absolute atomic E-state index is 13.4. The number of nitrogens with one attached hydrogen (secondary N) is 1. The number of hydrogen-bond acceptors (Lipinski definition) is 1. The number of halogens is 2. The molecule has 0 aliphatic rings. The molecule has 102 valence electrons. The summed E-state index contributed by atoms with van der Waals surface area (Å²) < 4.78 is 26.1. The Labute approximate surface area is 109 Å². The number of aryl methyl sites for hydroxylation is 1. The third kappa shape index (κ3) is 5.58. The lowest BCUT2D eigenvalue weighted by Gasteiger charge is -2.14. The Kier molecular flexibility index (Phi) is 6.27. The van der Waals surface area contributed by atoms with E-state index < -0.39 is 11.6 Å². The first-order chi connectivity index (χ1) is 8.49. The normalized spacial score (nSPS) is 13.0. The van der Waals surface area contributed by atoms with E-state index in [0.717, 1.165) is 25.6 Å². The SMILES string of the molecule is CC(C)CNCC(C)CCc1ccc(F)cc1F. The third-order valence-electron chi connectivity index (χ3n) is 2.97. The largest absolute Gasteiger partial charge is 0.316 e. The molecular formula is C15H23F2N. The lowest BCUT2D eigenvalue weighted by molar-refractivity contribution is 0.450. The molecule has 0 heterocycles. The van der Waals surface area contributed by atoms with E-state index in [2.05, 4.69) is 26.1 Å². The van der Waals surface area contributed by atoms with Gasteiger partial charge in [-0.1, -0.05) is 26.8 Å². The Balaban J connectivity index is 2.31. The monoisotopic (exact) mass is 255 g/mol. The summed E-state index contributed by atoms with van der Waals surface area (Å²) in [5, 5.41) is 3.39. The van der Waals surface area contributed by atoms with Gasteiger partial charge in [0.25, 0.3) is 0 Å². The van der Waals surface area contributed by atoms with Crippen molar-refractivity contribution in [3.05, 3.63) is 35.4 Å². The highest BCUT2D eigenvalue weighted by atomic mass is 19.1. The summed E-state index contributed by atoms with van der Waals surface area (Å²) in [5.41, 5.74) is 0.604. The summed E-state index contributed by atoms with van der Waals surface area (Å²) in [4.78, 5) is 0. The van der Waals surface area contributed by atoms with Gasteiger partial charge in [0.1, 0.15) is 11.6 Å². The van der Waals surface area contributed by atoms with Gasteiger partial charge in [0.2, 0.25) is 0 Å². The van der Waals surface area contributed by atoms with Gasteiger partial charge >= 0.3 is 0 Å². The first-order valence-electron chi connectivity index (χ1n) is 6.63. The molecule has 0 aromatic heterocycles. The molecule has 0 amide bonds. The molecule has 0 spiro atoms.